The van der Waals surface area contributed by atoms with Gasteiger partial charge in [-0.2, -0.15) is 0 Å². The minimum absolute atomic E-state index is 0.340. The van der Waals surface area contributed by atoms with E-state index in [9.17, 15) is 4.79 Å². The molecule has 0 unspecified atom stereocenters. The van der Waals surface area contributed by atoms with Crippen LogP contribution in [0.5, 0.6) is 0 Å². The fourth-order valence-electron chi connectivity index (χ4n) is 0.952. The van der Waals surface area contributed by atoms with E-state index >= 15 is 0 Å². The van der Waals surface area contributed by atoms with Gasteiger partial charge in [0.25, 0.3) is 0 Å². The van der Waals surface area contributed by atoms with Crippen molar-refractivity contribution in [2.24, 2.45) is 0 Å². The van der Waals surface area contributed by atoms with Gasteiger partial charge < -0.3 is 4.74 Å². The zero-order valence-electron chi connectivity index (χ0n) is 8.19. The SMILES string of the molecule is CCCCCCCOC(=O)C(Br)(Br)Br. The third-order valence-corrected chi connectivity index (χ3v) is 2.68. The maximum Gasteiger partial charge on any atom is 0.344 e. The van der Waals surface area contributed by atoms with Crippen molar-refractivity contribution in [1.29, 1.82) is 0 Å². The first-order valence-electron chi connectivity index (χ1n) is 4.72. The fraction of sp³-hybridized carbons (Fsp3) is 0.889. The number of carbonyl (C=O) groups is 1. The minimum atomic E-state index is -0.920. The molecule has 0 saturated heterocycles. The van der Waals surface area contributed by atoms with Crippen LogP contribution in [0.2, 0.25) is 0 Å². The Morgan fingerprint density at radius 3 is 2.21 bits per heavy atom. The van der Waals surface area contributed by atoms with Gasteiger partial charge in [0.2, 0.25) is 2.14 Å². The summed E-state index contributed by atoms with van der Waals surface area (Å²) in [6, 6.07) is 0. The summed E-state index contributed by atoms with van der Waals surface area (Å²) < 4.78 is 4.09. The standard InChI is InChI=1S/C9H15Br3O2/c1-2-3-4-5-6-7-14-8(13)9(10,11)12/h2-7H2,1H3. The van der Waals surface area contributed by atoms with E-state index in [4.69, 9.17) is 4.74 Å². The van der Waals surface area contributed by atoms with Crippen molar-refractivity contribution in [1.82, 2.24) is 0 Å². The van der Waals surface area contributed by atoms with Gasteiger partial charge in [-0.3, -0.25) is 0 Å². The summed E-state index contributed by atoms with van der Waals surface area (Å²) in [6.07, 6.45) is 5.77. The molecule has 84 valence electrons. The lowest BCUT2D eigenvalue weighted by Gasteiger charge is -2.11. The van der Waals surface area contributed by atoms with Crippen LogP contribution < -0.4 is 0 Å². The summed E-state index contributed by atoms with van der Waals surface area (Å²) in [7, 11) is 0. The number of hydrogen-bond acceptors (Lipinski definition) is 2. The van der Waals surface area contributed by atoms with E-state index in [0.29, 0.717) is 6.61 Å². The van der Waals surface area contributed by atoms with Crippen LogP contribution in [-0.4, -0.2) is 14.7 Å². The summed E-state index contributed by atoms with van der Waals surface area (Å²) >= 11 is 9.29. The van der Waals surface area contributed by atoms with Gasteiger partial charge in [-0.1, -0.05) is 32.6 Å². The van der Waals surface area contributed by atoms with E-state index < -0.39 is 2.14 Å². The zero-order valence-corrected chi connectivity index (χ0v) is 13.0. The maximum atomic E-state index is 11.2. The highest BCUT2D eigenvalue weighted by Gasteiger charge is 2.30. The molecule has 0 heterocycles. The molecule has 0 rings (SSSR count). The molecule has 14 heavy (non-hydrogen) atoms. The predicted molar refractivity (Wildman–Crippen MR) is 69.2 cm³/mol. The molecule has 0 fully saturated rings. The number of rotatable bonds is 6. The molecule has 0 radical (unpaired) electrons. The summed E-state index contributed by atoms with van der Waals surface area (Å²) in [5, 5.41) is 0. The lowest BCUT2D eigenvalue weighted by molar-refractivity contribution is -0.141. The monoisotopic (exact) mass is 392 g/mol. The number of ether oxygens (including phenoxy) is 1. The van der Waals surface area contributed by atoms with Gasteiger partial charge in [-0.15, -0.1) is 0 Å². The molecule has 5 heteroatoms. The van der Waals surface area contributed by atoms with E-state index in [-0.39, 0.29) is 5.97 Å². The van der Waals surface area contributed by atoms with E-state index in [0.717, 1.165) is 12.8 Å². The second kappa shape index (κ2) is 8.11. The van der Waals surface area contributed by atoms with Crippen LogP contribution >= 0.6 is 47.8 Å². The Morgan fingerprint density at radius 1 is 1.14 bits per heavy atom. The Kier molecular flexibility index (Phi) is 8.63. The smallest absolute Gasteiger partial charge is 0.344 e. The van der Waals surface area contributed by atoms with Gasteiger partial charge in [-0.05, 0) is 54.2 Å². The van der Waals surface area contributed by atoms with Gasteiger partial charge in [0.1, 0.15) is 0 Å². The first kappa shape index (κ1) is 14.9. The van der Waals surface area contributed by atoms with Crippen molar-refractivity contribution >= 4 is 53.8 Å². The van der Waals surface area contributed by atoms with Crippen molar-refractivity contribution in [3.05, 3.63) is 0 Å². The third-order valence-electron chi connectivity index (χ3n) is 1.71. The van der Waals surface area contributed by atoms with Gasteiger partial charge in [0.15, 0.2) is 0 Å². The Balaban J connectivity index is 3.33. The normalized spacial score (nSPS) is 11.4. The molecular formula is C9H15Br3O2. The maximum absolute atomic E-state index is 11.2. The molecule has 0 aromatic carbocycles. The van der Waals surface area contributed by atoms with Crippen LogP contribution in [0.3, 0.4) is 0 Å². The molecule has 0 amide bonds. The molecule has 0 aliphatic heterocycles. The molecule has 0 aliphatic carbocycles. The van der Waals surface area contributed by atoms with Crippen LogP contribution in [0, 0.1) is 0 Å². The molecule has 0 N–H and O–H groups in total. The molecule has 0 saturated carbocycles. The topological polar surface area (TPSA) is 26.3 Å². The average Bonchev–Trinajstić information content (AvgIpc) is 2.09. The molecule has 2 nitrogen and oxygen atoms in total. The summed E-state index contributed by atoms with van der Waals surface area (Å²) in [6.45, 7) is 2.67. The largest absolute Gasteiger partial charge is 0.463 e. The number of alkyl halides is 3. The van der Waals surface area contributed by atoms with Crippen molar-refractivity contribution < 1.29 is 9.53 Å². The minimum Gasteiger partial charge on any atom is -0.463 e. The van der Waals surface area contributed by atoms with Crippen LogP contribution in [0.25, 0.3) is 0 Å². The van der Waals surface area contributed by atoms with Crippen molar-refractivity contribution in [3.63, 3.8) is 0 Å². The number of halogens is 3. The van der Waals surface area contributed by atoms with Crippen molar-refractivity contribution in [2.45, 2.75) is 41.2 Å². The first-order valence-corrected chi connectivity index (χ1v) is 7.10. The van der Waals surface area contributed by atoms with Gasteiger partial charge in [-0.25, -0.2) is 4.79 Å². The Bertz CT molecular complexity index is 166. The summed E-state index contributed by atoms with van der Waals surface area (Å²) in [4.78, 5) is 11.2. The molecule has 0 aliphatic rings. The number of hydrogen-bond donors (Lipinski definition) is 0. The van der Waals surface area contributed by atoms with E-state index in [2.05, 4.69) is 54.7 Å². The Morgan fingerprint density at radius 2 is 1.71 bits per heavy atom. The molecule has 0 bridgehead atoms. The lowest BCUT2D eigenvalue weighted by Crippen LogP contribution is -2.20. The van der Waals surface area contributed by atoms with Crippen molar-refractivity contribution in [3.8, 4) is 0 Å². The second-order valence-corrected chi connectivity index (χ2v) is 9.81. The summed E-state index contributed by atoms with van der Waals surface area (Å²) in [5.41, 5.74) is 0. The quantitative estimate of drug-likeness (QED) is 0.380. The molecular weight excluding hydrogens is 380 g/mol. The summed E-state index contributed by atoms with van der Waals surface area (Å²) in [5.74, 6) is -0.340. The number of esters is 1. The number of unbranched alkanes of at least 4 members (excludes halogenated alkanes) is 4. The fourth-order valence-corrected chi connectivity index (χ4v) is 1.30. The van der Waals surface area contributed by atoms with Gasteiger partial charge >= 0.3 is 5.97 Å². The van der Waals surface area contributed by atoms with E-state index in [1.165, 1.54) is 19.3 Å². The highest BCUT2D eigenvalue weighted by molar-refractivity contribution is 9.40. The number of carbonyl (C=O) groups excluding carboxylic acids is 1. The van der Waals surface area contributed by atoms with Crippen molar-refractivity contribution in [2.75, 3.05) is 6.61 Å². The van der Waals surface area contributed by atoms with E-state index in [1.807, 2.05) is 0 Å². The van der Waals surface area contributed by atoms with Gasteiger partial charge in [0, 0.05) is 0 Å². The van der Waals surface area contributed by atoms with Crippen LogP contribution in [0.4, 0.5) is 0 Å². The lowest BCUT2D eigenvalue weighted by atomic mass is 10.2. The zero-order chi connectivity index (χ0) is 11.0. The predicted octanol–water partition coefficient (Wildman–Crippen LogP) is 4.34. The third kappa shape index (κ3) is 8.24. The second-order valence-electron chi connectivity index (χ2n) is 3.05. The average molecular weight is 395 g/mol. The first-order chi connectivity index (χ1) is 6.48. The van der Waals surface area contributed by atoms with Crippen LogP contribution in [0.1, 0.15) is 39.0 Å². The molecule has 0 atom stereocenters. The van der Waals surface area contributed by atoms with E-state index in [1.54, 1.807) is 0 Å². The molecule has 0 aromatic heterocycles. The van der Waals surface area contributed by atoms with Crippen LogP contribution in [0.15, 0.2) is 0 Å². The Hall–Kier alpha value is 0.910. The molecule has 0 spiro atoms. The van der Waals surface area contributed by atoms with Crippen LogP contribution in [-0.2, 0) is 9.53 Å². The Labute approximate surface area is 111 Å². The van der Waals surface area contributed by atoms with Gasteiger partial charge in [0.05, 0.1) is 6.61 Å². The molecule has 0 aromatic rings. The highest BCUT2D eigenvalue weighted by atomic mass is 80.0. The highest BCUT2D eigenvalue weighted by Crippen LogP contribution is 2.34.